The maximum absolute atomic E-state index is 14.2. The van der Waals surface area contributed by atoms with Crippen LogP contribution in [0.15, 0.2) is 6.20 Å². The van der Waals surface area contributed by atoms with Crippen molar-refractivity contribution in [2.24, 2.45) is 5.73 Å². The first-order chi connectivity index (χ1) is 7.95. The predicted molar refractivity (Wildman–Crippen MR) is 65.0 cm³/mol. The van der Waals surface area contributed by atoms with Gasteiger partial charge in [0.2, 0.25) is 0 Å². The fourth-order valence-corrected chi connectivity index (χ4v) is 2.57. The van der Waals surface area contributed by atoms with Crippen molar-refractivity contribution in [1.29, 1.82) is 0 Å². The molecule has 1 aliphatic rings. The number of aryl methyl sites for hydroxylation is 1. The summed E-state index contributed by atoms with van der Waals surface area (Å²) in [4.78, 5) is 4.32. The van der Waals surface area contributed by atoms with Crippen LogP contribution < -0.4 is 10.5 Å². The van der Waals surface area contributed by atoms with Crippen molar-refractivity contribution in [2.75, 3.05) is 7.11 Å². The third-order valence-corrected chi connectivity index (χ3v) is 3.49. The number of rotatable bonds is 3. The Kier molecular flexibility index (Phi) is 3.08. The zero-order valence-corrected chi connectivity index (χ0v) is 10.6. The zero-order chi connectivity index (χ0) is 12.6. The molecule has 0 unspecified atom stereocenters. The number of halogens is 1. The van der Waals surface area contributed by atoms with Crippen molar-refractivity contribution < 1.29 is 9.13 Å². The molecule has 94 valence electrons. The van der Waals surface area contributed by atoms with Gasteiger partial charge in [-0.1, -0.05) is 0 Å². The van der Waals surface area contributed by atoms with Crippen molar-refractivity contribution in [3.8, 4) is 5.75 Å². The van der Waals surface area contributed by atoms with Gasteiger partial charge in [-0.25, -0.2) is 4.39 Å². The first-order valence-corrected chi connectivity index (χ1v) is 5.89. The SMILES string of the molecule is COc1c(C)cnc(CC2(F)CC(N)C2)c1C. The lowest BCUT2D eigenvalue weighted by Gasteiger charge is -2.39. The molecule has 2 N–H and O–H groups in total. The standard InChI is InChI=1S/C13H19FN2O/c1-8-7-16-11(9(2)12(8)17-3)6-13(14)4-10(15)5-13/h7,10H,4-6,15H2,1-3H3. The quantitative estimate of drug-likeness (QED) is 0.877. The van der Waals surface area contributed by atoms with Gasteiger partial charge in [0.05, 0.1) is 12.8 Å². The minimum Gasteiger partial charge on any atom is -0.496 e. The molecule has 4 heteroatoms. The Morgan fingerprint density at radius 2 is 2.18 bits per heavy atom. The molecule has 0 bridgehead atoms. The van der Waals surface area contributed by atoms with Gasteiger partial charge >= 0.3 is 0 Å². The van der Waals surface area contributed by atoms with Crippen molar-refractivity contribution in [1.82, 2.24) is 4.98 Å². The number of pyridine rings is 1. The molecule has 2 rings (SSSR count). The van der Waals surface area contributed by atoms with E-state index in [2.05, 4.69) is 4.98 Å². The number of hydrogen-bond donors (Lipinski definition) is 1. The normalized spacial score (nSPS) is 27.7. The molecule has 0 aromatic carbocycles. The predicted octanol–water partition coefficient (Wildman–Crippen LogP) is 2.08. The third-order valence-electron chi connectivity index (χ3n) is 3.49. The van der Waals surface area contributed by atoms with Gasteiger partial charge in [0.1, 0.15) is 11.4 Å². The first-order valence-electron chi connectivity index (χ1n) is 5.89. The van der Waals surface area contributed by atoms with E-state index in [0.717, 1.165) is 22.6 Å². The second-order valence-electron chi connectivity index (χ2n) is 5.04. The molecule has 1 aromatic heterocycles. The summed E-state index contributed by atoms with van der Waals surface area (Å²) in [6.45, 7) is 3.86. The fourth-order valence-electron chi connectivity index (χ4n) is 2.57. The highest BCUT2D eigenvalue weighted by Gasteiger charge is 2.43. The van der Waals surface area contributed by atoms with Crippen LogP contribution in [0.5, 0.6) is 5.75 Å². The molecule has 0 aliphatic heterocycles. The number of ether oxygens (including phenoxy) is 1. The van der Waals surface area contributed by atoms with Crippen molar-refractivity contribution in [3.63, 3.8) is 0 Å². The minimum absolute atomic E-state index is 0.00708. The van der Waals surface area contributed by atoms with Gasteiger partial charge < -0.3 is 10.5 Å². The number of methoxy groups -OCH3 is 1. The molecule has 0 radical (unpaired) electrons. The Morgan fingerprint density at radius 1 is 1.53 bits per heavy atom. The largest absolute Gasteiger partial charge is 0.496 e. The lowest BCUT2D eigenvalue weighted by atomic mass is 9.74. The molecule has 0 atom stereocenters. The molecule has 0 spiro atoms. The Morgan fingerprint density at radius 3 is 2.71 bits per heavy atom. The van der Waals surface area contributed by atoms with E-state index in [1.165, 1.54) is 0 Å². The van der Waals surface area contributed by atoms with Gasteiger partial charge in [-0.3, -0.25) is 4.98 Å². The summed E-state index contributed by atoms with van der Waals surface area (Å²) in [5.41, 5.74) is 7.17. The summed E-state index contributed by atoms with van der Waals surface area (Å²) in [7, 11) is 1.63. The summed E-state index contributed by atoms with van der Waals surface area (Å²) >= 11 is 0. The van der Waals surface area contributed by atoms with E-state index in [4.69, 9.17) is 10.5 Å². The number of hydrogen-bond acceptors (Lipinski definition) is 3. The average Bonchev–Trinajstić information content (AvgIpc) is 2.21. The van der Waals surface area contributed by atoms with Gasteiger partial charge in [-0.15, -0.1) is 0 Å². The summed E-state index contributed by atoms with van der Waals surface area (Å²) in [5.74, 6) is 0.808. The lowest BCUT2D eigenvalue weighted by molar-refractivity contribution is 0.0432. The molecule has 1 heterocycles. The summed E-state index contributed by atoms with van der Waals surface area (Å²) in [6.07, 6.45) is 2.95. The van der Waals surface area contributed by atoms with Crippen LogP contribution in [0.4, 0.5) is 4.39 Å². The van der Waals surface area contributed by atoms with E-state index >= 15 is 0 Å². The molecule has 1 saturated carbocycles. The Labute approximate surface area is 101 Å². The molecule has 17 heavy (non-hydrogen) atoms. The van der Waals surface area contributed by atoms with Gasteiger partial charge in [0.15, 0.2) is 0 Å². The summed E-state index contributed by atoms with van der Waals surface area (Å²) in [5, 5.41) is 0. The van der Waals surface area contributed by atoms with Crippen LogP contribution in [0.1, 0.15) is 29.7 Å². The van der Waals surface area contributed by atoms with E-state index in [1.54, 1.807) is 13.3 Å². The van der Waals surface area contributed by atoms with E-state index in [9.17, 15) is 4.39 Å². The van der Waals surface area contributed by atoms with Crippen LogP contribution in [0.25, 0.3) is 0 Å². The van der Waals surface area contributed by atoms with Crippen LogP contribution in [0, 0.1) is 13.8 Å². The third kappa shape index (κ3) is 2.27. The molecule has 0 amide bonds. The van der Waals surface area contributed by atoms with Crippen LogP contribution in [0.3, 0.4) is 0 Å². The monoisotopic (exact) mass is 238 g/mol. The molecule has 3 nitrogen and oxygen atoms in total. The van der Waals surface area contributed by atoms with E-state index in [0.29, 0.717) is 19.3 Å². The minimum atomic E-state index is -1.17. The highest BCUT2D eigenvalue weighted by Crippen LogP contribution is 2.39. The van der Waals surface area contributed by atoms with Crippen LogP contribution in [0.2, 0.25) is 0 Å². The highest BCUT2D eigenvalue weighted by atomic mass is 19.1. The van der Waals surface area contributed by atoms with E-state index in [-0.39, 0.29) is 6.04 Å². The molecular weight excluding hydrogens is 219 g/mol. The molecule has 0 saturated heterocycles. The molecule has 1 aromatic rings. The molecule has 1 fully saturated rings. The van der Waals surface area contributed by atoms with Gasteiger partial charge in [-0.05, 0) is 26.7 Å². The first kappa shape index (κ1) is 12.3. The van der Waals surface area contributed by atoms with Gasteiger partial charge in [0.25, 0.3) is 0 Å². The average molecular weight is 238 g/mol. The topological polar surface area (TPSA) is 48.1 Å². The number of nitrogens with two attached hydrogens (primary N) is 1. The maximum Gasteiger partial charge on any atom is 0.128 e. The van der Waals surface area contributed by atoms with Crippen LogP contribution in [-0.2, 0) is 6.42 Å². The van der Waals surface area contributed by atoms with Gasteiger partial charge in [0, 0.05) is 29.8 Å². The second kappa shape index (κ2) is 4.26. The van der Waals surface area contributed by atoms with Crippen LogP contribution in [-0.4, -0.2) is 23.8 Å². The van der Waals surface area contributed by atoms with E-state index < -0.39 is 5.67 Å². The zero-order valence-electron chi connectivity index (χ0n) is 10.6. The fraction of sp³-hybridized carbons (Fsp3) is 0.615. The second-order valence-corrected chi connectivity index (χ2v) is 5.04. The smallest absolute Gasteiger partial charge is 0.128 e. The highest BCUT2D eigenvalue weighted by molar-refractivity contribution is 5.41. The summed E-state index contributed by atoms with van der Waals surface area (Å²) in [6, 6.07) is 0.00708. The molecule has 1 aliphatic carbocycles. The van der Waals surface area contributed by atoms with Gasteiger partial charge in [-0.2, -0.15) is 0 Å². The summed E-state index contributed by atoms with van der Waals surface area (Å²) < 4.78 is 19.5. The lowest BCUT2D eigenvalue weighted by Crippen LogP contribution is -2.49. The Bertz CT molecular complexity index is 428. The van der Waals surface area contributed by atoms with Crippen molar-refractivity contribution in [2.45, 2.75) is 44.8 Å². The van der Waals surface area contributed by atoms with Crippen LogP contribution >= 0.6 is 0 Å². The van der Waals surface area contributed by atoms with Crippen molar-refractivity contribution >= 4 is 0 Å². The Balaban J connectivity index is 2.22. The number of nitrogens with zero attached hydrogens (tertiary/aromatic N) is 1. The van der Waals surface area contributed by atoms with Crippen molar-refractivity contribution in [3.05, 3.63) is 23.0 Å². The number of aromatic nitrogens is 1. The van der Waals surface area contributed by atoms with E-state index in [1.807, 2.05) is 13.8 Å². The Hall–Kier alpha value is -1.16. The number of alkyl halides is 1. The molecular formula is C13H19FN2O. The maximum atomic E-state index is 14.2.